The molecule has 3 heteroatoms. The predicted octanol–water partition coefficient (Wildman–Crippen LogP) is 3.33. The second-order valence-electron chi connectivity index (χ2n) is 3.93. The number of nitrogens with one attached hydrogen (secondary N) is 1. The average molecular weight is 242 g/mol. The minimum Gasteiger partial charge on any atom is -0.313 e. The Bertz CT molecular complexity index is 293. The summed E-state index contributed by atoms with van der Waals surface area (Å²) in [7, 11) is 0. The molecule has 1 aliphatic heterocycles. The SMILES string of the molecule is Clc1ccc(CSC[C@H]2CCCN2)cc1. The van der Waals surface area contributed by atoms with Crippen molar-refractivity contribution in [3.8, 4) is 0 Å². The highest BCUT2D eigenvalue weighted by Crippen LogP contribution is 2.18. The van der Waals surface area contributed by atoms with E-state index in [9.17, 15) is 0 Å². The van der Waals surface area contributed by atoms with E-state index in [1.54, 1.807) is 0 Å². The first kappa shape index (κ1) is 11.3. The van der Waals surface area contributed by atoms with Crippen LogP contribution in [-0.4, -0.2) is 18.3 Å². The third-order valence-electron chi connectivity index (χ3n) is 2.66. The van der Waals surface area contributed by atoms with Crippen molar-refractivity contribution in [2.75, 3.05) is 12.3 Å². The number of hydrogen-bond acceptors (Lipinski definition) is 2. The Hall–Kier alpha value is -0.180. The summed E-state index contributed by atoms with van der Waals surface area (Å²) in [6, 6.07) is 8.88. The Morgan fingerprint density at radius 3 is 2.80 bits per heavy atom. The predicted molar refractivity (Wildman–Crippen MR) is 68.6 cm³/mol. The molecule has 1 nitrogen and oxygen atoms in total. The first-order valence-electron chi connectivity index (χ1n) is 5.40. The maximum atomic E-state index is 5.83. The summed E-state index contributed by atoms with van der Waals surface area (Å²) in [6.45, 7) is 1.20. The van der Waals surface area contributed by atoms with Crippen LogP contribution in [0.3, 0.4) is 0 Å². The van der Waals surface area contributed by atoms with E-state index < -0.39 is 0 Å². The van der Waals surface area contributed by atoms with E-state index in [4.69, 9.17) is 11.6 Å². The zero-order valence-corrected chi connectivity index (χ0v) is 10.3. The maximum absolute atomic E-state index is 5.83. The van der Waals surface area contributed by atoms with Crippen LogP contribution in [0.2, 0.25) is 5.02 Å². The van der Waals surface area contributed by atoms with Crippen molar-refractivity contribution in [2.45, 2.75) is 24.6 Å². The molecule has 0 amide bonds. The molecule has 0 saturated carbocycles. The van der Waals surface area contributed by atoms with Crippen LogP contribution in [0.1, 0.15) is 18.4 Å². The van der Waals surface area contributed by atoms with E-state index in [1.165, 1.54) is 30.7 Å². The lowest BCUT2D eigenvalue weighted by atomic mass is 10.2. The molecule has 1 atom stereocenters. The maximum Gasteiger partial charge on any atom is 0.0406 e. The van der Waals surface area contributed by atoms with Crippen LogP contribution in [0.15, 0.2) is 24.3 Å². The van der Waals surface area contributed by atoms with Gasteiger partial charge in [-0.05, 0) is 37.1 Å². The van der Waals surface area contributed by atoms with E-state index >= 15 is 0 Å². The number of rotatable bonds is 4. The van der Waals surface area contributed by atoms with Crippen LogP contribution in [0.25, 0.3) is 0 Å². The van der Waals surface area contributed by atoms with Crippen molar-refractivity contribution in [1.29, 1.82) is 0 Å². The molecule has 82 valence electrons. The first-order valence-corrected chi connectivity index (χ1v) is 6.93. The summed E-state index contributed by atoms with van der Waals surface area (Å²) >= 11 is 7.84. The van der Waals surface area contributed by atoms with Gasteiger partial charge in [-0.3, -0.25) is 0 Å². The van der Waals surface area contributed by atoms with Gasteiger partial charge in [0.05, 0.1) is 0 Å². The molecule has 2 rings (SSSR count). The van der Waals surface area contributed by atoms with Crippen molar-refractivity contribution >= 4 is 23.4 Å². The van der Waals surface area contributed by atoms with Gasteiger partial charge in [-0.1, -0.05) is 23.7 Å². The smallest absolute Gasteiger partial charge is 0.0406 e. The Morgan fingerprint density at radius 2 is 2.13 bits per heavy atom. The average Bonchev–Trinajstić information content (AvgIpc) is 2.74. The van der Waals surface area contributed by atoms with Crippen LogP contribution in [0.5, 0.6) is 0 Å². The number of halogens is 1. The van der Waals surface area contributed by atoms with Crippen LogP contribution in [-0.2, 0) is 5.75 Å². The first-order chi connectivity index (χ1) is 7.34. The van der Waals surface area contributed by atoms with Gasteiger partial charge in [0.2, 0.25) is 0 Å². The van der Waals surface area contributed by atoms with Gasteiger partial charge < -0.3 is 5.32 Å². The Balaban J connectivity index is 1.71. The topological polar surface area (TPSA) is 12.0 Å². The number of benzene rings is 1. The van der Waals surface area contributed by atoms with Crippen molar-refractivity contribution in [3.63, 3.8) is 0 Å². The summed E-state index contributed by atoms with van der Waals surface area (Å²) in [5.41, 5.74) is 1.36. The summed E-state index contributed by atoms with van der Waals surface area (Å²) in [6.07, 6.45) is 2.68. The normalized spacial score (nSPS) is 20.7. The van der Waals surface area contributed by atoms with Gasteiger partial charge >= 0.3 is 0 Å². The monoisotopic (exact) mass is 241 g/mol. The van der Waals surface area contributed by atoms with Crippen molar-refractivity contribution in [1.82, 2.24) is 5.32 Å². The zero-order chi connectivity index (χ0) is 10.5. The molecule has 1 aromatic carbocycles. The highest BCUT2D eigenvalue weighted by molar-refractivity contribution is 7.98. The molecule has 1 heterocycles. The van der Waals surface area contributed by atoms with Crippen molar-refractivity contribution < 1.29 is 0 Å². The zero-order valence-electron chi connectivity index (χ0n) is 8.71. The summed E-state index contributed by atoms with van der Waals surface area (Å²) in [5, 5.41) is 4.33. The third-order valence-corrected chi connectivity index (χ3v) is 4.09. The van der Waals surface area contributed by atoms with Crippen molar-refractivity contribution in [3.05, 3.63) is 34.9 Å². The third kappa shape index (κ3) is 3.71. The van der Waals surface area contributed by atoms with Gasteiger partial charge in [-0.2, -0.15) is 11.8 Å². The van der Waals surface area contributed by atoms with Gasteiger partial charge in [-0.25, -0.2) is 0 Å². The summed E-state index contributed by atoms with van der Waals surface area (Å²) in [5.74, 6) is 2.32. The second-order valence-corrected chi connectivity index (χ2v) is 5.40. The molecule has 0 aliphatic carbocycles. The highest BCUT2D eigenvalue weighted by atomic mass is 35.5. The van der Waals surface area contributed by atoms with Crippen molar-refractivity contribution in [2.24, 2.45) is 0 Å². The van der Waals surface area contributed by atoms with Gasteiger partial charge in [0.15, 0.2) is 0 Å². The highest BCUT2D eigenvalue weighted by Gasteiger charge is 2.13. The minimum atomic E-state index is 0.738. The molecule has 0 radical (unpaired) electrons. The van der Waals surface area contributed by atoms with E-state index in [1.807, 2.05) is 23.9 Å². The molecule has 0 aromatic heterocycles. The molecule has 1 aromatic rings. The molecular weight excluding hydrogens is 226 g/mol. The van der Waals surface area contributed by atoms with Crippen LogP contribution in [0, 0.1) is 0 Å². The minimum absolute atomic E-state index is 0.738. The quantitative estimate of drug-likeness (QED) is 0.868. The van der Waals surface area contributed by atoms with Gasteiger partial charge in [-0.15, -0.1) is 0 Å². The Labute approximate surface area is 101 Å². The van der Waals surface area contributed by atoms with E-state index in [-0.39, 0.29) is 0 Å². The number of hydrogen-bond donors (Lipinski definition) is 1. The molecule has 1 saturated heterocycles. The molecule has 1 aliphatic rings. The molecule has 15 heavy (non-hydrogen) atoms. The van der Waals surface area contributed by atoms with Crippen LogP contribution < -0.4 is 5.32 Å². The van der Waals surface area contributed by atoms with E-state index in [2.05, 4.69) is 17.4 Å². The lowest BCUT2D eigenvalue weighted by Crippen LogP contribution is -2.23. The molecule has 0 unspecified atom stereocenters. The lowest BCUT2D eigenvalue weighted by Gasteiger charge is -2.09. The molecule has 1 N–H and O–H groups in total. The van der Waals surface area contributed by atoms with E-state index in [0.717, 1.165) is 16.8 Å². The molecule has 0 spiro atoms. The largest absolute Gasteiger partial charge is 0.313 e. The molecular formula is C12H16ClNS. The van der Waals surface area contributed by atoms with Crippen LogP contribution >= 0.6 is 23.4 Å². The Kier molecular flexibility index (Phi) is 4.36. The van der Waals surface area contributed by atoms with Gasteiger partial charge in [0.25, 0.3) is 0 Å². The fraction of sp³-hybridized carbons (Fsp3) is 0.500. The Morgan fingerprint density at radius 1 is 1.33 bits per heavy atom. The lowest BCUT2D eigenvalue weighted by molar-refractivity contribution is 0.674. The summed E-state index contributed by atoms with van der Waals surface area (Å²) in [4.78, 5) is 0. The van der Waals surface area contributed by atoms with Gasteiger partial charge in [0, 0.05) is 22.6 Å². The molecule has 0 bridgehead atoms. The summed E-state index contributed by atoms with van der Waals surface area (Å²) < 4.78 is 0. The fourth-order valence-corrected chi connectivity index (χ4v) is 3.04. The number of thioether (sulfide) groups is 1. The van der Waals surface area contributed by atoms with Gasteiger partial charge in [0.1, 0.15) is 0 Å². The van der Waals surface area contributed by atoms with Crippen LogP contribution in [0.4, 0.5) is 0 Å². The standard InChI is InChI=1S/C12H16ClNS/c13-11-5-3-10(4-6-11)8-15-9-12-2-1-7-14-12/h3-6,12,14H,1-2,7-9H2/t12-/m1/s1. The van der Waals surface area contributed by atoms with E-state index in [0.29, 0.717) is 0 Å². The molecule has 1 fully saturated rings. The fourth-order valence-electron chi connectivity index (χ4n) is 1.80. The second kappa shape index (κ2) is 5.78.